The van der Waals surface area contributed by atoms with Crippen LogP contribution >= 0.6 is 0 Å². The molecule has 22 heavy (non-hydrogen) atoms. The van der Waals surface area contributed by atoms with Crippen molar-refractivity contribution in [1.29, 1.82) is 0 Å². The van der Waals surface area contributed by atoms with Gasteiger partial charge in [-0.3, -0.25) is 4.79 Å². The van der Waals surface area contributed by atoms with Crippen molar-refractivity contribution in [1.82, 2.24) is 0 Å². The largest absolute Gasteiger partial charge is 0.416 e. The maximum absolute atomic E-state index is 12.8. The Morgan fingerprint density at radius 2 is 2.05 bits per heavy atom. The highest BCUT2D eigenvalue weighted by atomic mass is 32.2. The molecule has 0 bridgehead atoms. The average molecular weight is 335 g/mol. The molecule has 1 aromatic carbocycles. The zero-order valence-electron chi connectivity index (χ0n) is 11.9. The summed E-state index contributed by atoms with van der Waals surface area (Å²) in [5, 5.41) is 0. The van der Waals surface area contributed by atoms with Crippen LogP contribution in [0.3, 0.4) is 0 Å². The van der Waals surface area contributed by atoms with Gasteiger partial charge in [0.05, 0.1) is 23.1 Å². The second kappa shape index (κ2) is 5.91. The van der Waals surface area contributed by atoms with Gasteiger partial charge in [-0.1, -0.05) is 13.0 Å². The maximum atomic E-state index is 12.8. The van der Waals surface area contributed by atoms with E-state index in [2.05, 4.69) is 0 Å². The lowest BCUT2D eigenvalue weighted by atomic mass is 10.1. The Labute approximate surface area is 126 Å². The highest BCUT2D eigenvalue weighted by molar-refractivity contribution is 7.91. The summed E-state index contributed by atoms with van der Waals surface area (Å²) >= 11 is 0. The Balaban J connectivity index is 2.41. The summed E-state index contributed by atoms with van der Waals surface area (Å²) < 4.78 is 61.6. The molecular formula is C14H16F3NO3S. The fraction of sp³-hybridized carbons (Fsp3) is 0.500. The molecule has 1 fully saturated rings. The van der Waals surface area contributed by atoms with Gasteiger partial charge in [-0.05, 0) is 24.6 Å². The summed E-state index contributed by atoms with van der Waals surface area (Å²) in [6.45, 7) is 1.59. The van der Waals surface area contributed by atoms with Gasteiger partial charge in [0.2, 0.25) is 5.91 Å². The van der Waals surface area contributed by atoms with Crippen molar-refractivity contribution in [2.75, 3.05) is 16.4 Å². The van der Waals surface area contributed by atoms with E-state index in [9.17, 15) is 26.4 Å². The predicted molar refractivity (Wildman–Crippen MR) is 76.3 cm³/mol. The van der Waals surface area contributed by atoms with E-state index in [1.165, 1.54) is 17.0 Å². The Kier molecular flexibility index (Phi) is 4.51. The minimum Gasteiger partial charge on any atom is -0.308 e. The minimum atomic E-state index is -4.52. The summed E-state index contributed by atoms with van der Waals surface area (Å²) in [5.41, 5.74) is -0.775. The second-order valence-corrected chi connectivity index (χ2v) is 7.45. The van der Waals surface area contributed by atoms with Crippen LogP contribution in [0.2, 0.25) is 0 Å². The van der Waals surface area contributed by atoms with Gasteiger partial charge in [-0.15, -0.1) is 0 Å². The number of rotatable bonds is 3. The van der Waals surface area contributed by atoms with Crippen LogP contribution in [0.5, 0.6) is 0 Å². The number of halogens is 3. The van der Waals surface area contributed by atoms with Gasteiger partial charge >= 0.3 is 6.18 Å². The quantitative estimate of drug-likeness (QED) is 0.853. The molecule has 0 saturated carbocycles. The van der Waals surface area contributed by atoms with E-state index in [-0.39, 0.29) is 35.9 Å². The predicted octanol–water partition coefficient (Wildman–Crippen LogP) is 2.64. The average Bonchev–Trinajstić information content (AvgIpc) is 2.78. The molecule has 2 rings (SSSR count). The highest BCUT2D eigenvalue weighted by Gasteiger charge is 2.36. The van der Waals surface area contributed by atoms with E-state index >= 15 is 0 Å². The standard InChI is InChI=1S/C14H16F3NO3S/c1-2-13(19)18(12-6-7-22(20,21)9-12)11-5-3-4-10(8-11)14(15,16)17/h3-5,8,12H,2,6-7,9H2,1H3. The number of carbonyl (C=O) groups excluding carboxylic acids is 1. The molecule has 1 aliphatic heterocycles. The Hall–Kier alpha value is -1.57. The molecule has 1 atom stereocenters. The van der Waals surface area contributed by atoms with E-state index < -0.39 is 27.6 Å². The van der Waals surface area contributed by atoms with Crippen LogP contribution in [0.25, 0.3) is 0 Å². The first kappa shape index (κ1) is 16.8. The number of benzene rings is 1. The summed E-state index contributed by atoms with van der Waals surface area (Å²) in [7, 11) is -3.24. The second-order valence-electron chi connectivity index (χ2n) is 5.22. The van der Waals surface area contributed by atoms with Crippen molar-refractivity contribution in [3.63, 3.8) is 0 Å². The molecule has 1 aliphatic rings. The third-order valence-corrected chi connectivity index (χ3v) is 5.35. The summed E-state index contributed by atoms with van der Waals surface area (Å²) in [6, 6.07) is 3.81. The SMILES string of the molecule is CCC(=O)N(c1cccc(C(F)(F)F)c1)C1CCS(=O)(=O)C1. The lowest BCUT2D eigenvalue weighted by Gasteiger charge is -2.28. The van der Waals surface area contributed by atoms with Crippen LogP contribution in [-0.4, -0.2) is 31.9 Å². The number of amides is 1. The third kappa shape index (κ3) is 3.60. The fourth-order valence-electron chi connectivity index (χ4n) is 2.54. The first-order valence-electron chi connectivity index (χ1n) is 6.84. The molecule has 1 amide bonds. The van der Waals surface area contributed by atoms with Crippen LogP contribution < -0.4 is 4.90 Å². The van der Waals surface area contributed by atoms with Gasteiger partial charge in [-0.25, -0.2) is 8.42 Å². The number of carbonyl (C=O) groups is 1. The van der Waals surface area contributed by atoms with Gasteiger partial charge in [0, 0.05) is 12.1 Å². The number of anilines is 1. The van der Waals surface area contributed by atoms with E-state index in [0.29, 0.717) is 0 Å². The van der Waals surface area contributed by atoms with Gasteiger partial charge in [0.15, 0.2) is 9.84 Å². The number of alkyl halides is 3. The molecule has 1 saturated heterocycles. The van der Waals surface area contributed by atoms with Crippen LogP contribution in [0.1, 0.15) is 25.3 Å². The van der Waals surface area contributed by atoms with Crippen LogP contribution in [0.15, 0.2) is 24.3 Å². The molecule has 0 aliphatic carbocycles. The smallest absolute Gasteiger partial charge is 0.308 e. The van der Waals surface area contributed by atoms with Crippen molar-refractivity contribution >= 4 is 21.4 Å². The fourth-order valence-corrected chi connectivity index (χ4v) is 4.24. The Bertz CT molecular complexity index is 670. The molecule has 0 radical (unpaired) electrons. The topological polar surface area (TPSA) is 54.5 Å². The monoisotopic (exact) mass is 335 g/mol. The van der Waals surface area contributed by atoms with Crippen LogP contribution in [-0.2, 0) is 20.8 Å². The highest BCUT2D eigenvalue weighted by Crippen LogP contribution is 2.33. The first-order chi connectivity index (χ1) is 10.1. The Morgan fingerprint density at radius 1 is 1.36 bits per heavy atom. The van der Waals surface area contributed by atoms with Crippen molar-refractivity contribution in [2.45, 2.75) is 32.0 Å². The van der Waals surface area contributed by atoms with Gasteiger partial charge < -0.3 is 4.90 Å². The molecule has 8 heteroatoms. The molecule has 0 spiro atoms. The molecule has 1 aromatic rings. The molecule has 0 N–H and O–H groups in total. The van der Waals surface area contributed by atoms with E-state index in [1.54, 1.807) is 6.92 Å². The lowest BCUT2D eigenvalue weighted by molar-refractivity contribution is -0.137. The van der Waals surface area contributed by atoms with E-state index in [0.717, 1.165) is 12.1 Å². The summed E-state index contributed by atoms with van der Waals surface area (Å²) in [4.78, 5) is 13.3. The van der Waals surface area contributed by atoms with Crippen molar-refractivity contribution in [3.8, 4) is 0 Å². The molecule has 4 nitrogen and oxygen atoms in total. The van der Waals surface area contributed by atoms with Crippen molar-refractivity contribution in [2.24, 2.45) is 0 Å². The molecule has 0 aromatic heterocycles. The maximum Gasteiger partial charge on any atom is 0.416 e. The molecule has 1 heterocycles. The van der Waals surface area contributed by atoms with Crippen molar-refractivity contribution < 1.29 is 26.4 Å². The third-order valence-electron chi connectivity index (χ3n) is 3.60. The molecule has 1 unspecified atom stereocenters. The van der Waals surface area contributed by atoms with Crippen molar-refractivity contribution in [3.05, 3.63) is 29.8 Å². The molecule has 122 valence electrons. The van der Waals surface area contributed by atoms with Crippen LogP contribution in [0.4, 0.5) is 18.9 Å². The zero-order chi connectivity index (χ0) is 16.5. The number of sulfone groups is 1. The van der Waals surface area contributed by atoms with E-state index in [1.807, 2.05) is 0 Å². The zero-order valence-corrected chi connectivity index (χ0v) is 12.7. The van der Waals surface area contributed by atoms with Gasteiger partial charge in [-0.2, -0.15) is 13.2 Å². The van der Waals surface area contributed by atoms with Gasteiger partial charge in [0.25, 0.3) is 0 Å². The number of hydrogen-bond donors (Lipinski definition) is 0. The number of hydrogen-bond acceptors (Lipinski definition) is 3. The summed E-state index contributed by atoms with van der Waals surface area (Å²) in [5.74, 6) is -0.652. The van der Waals surface area contributed by atoms with Gasteiger partial charge in [0.1, 0.15) is 0 Å². The van der Waals surface area contributed by atoms with E-state index in [4.69, 9.17) is 0 Å². The number of nitrogens with zero attached hydrogens (tertiary/aromatic N) is 1. The lowest BCUT2D eigenvalue weighted by Crippen LogP contribution is -2.41. The van der Waals surface area contributed by atoms with Crippen LogP contribution in [0, 0.1) is 0 Å². The minimum absolute atomic E-state index is 0.0515. The summed E-state index contributed by atoms with van der Waals surface area (Å²) in [6.07, 6.45) is -4.18. The molecular weight excluding hydrogens is 319 g/mol. The first-order valence-corrected chi connectivity index (χ1v) is 8.66. The normalized spacial score (nSPS) is 20.8. The Morgan fingerprint density at radius 3 is 2.55 bits per heavy atom.